The summed E-state index contributed by atoms with van der Waals surface area (Å²) in [4.78, 5) is 17.6. The SMILES string of the molecule is CC(C)CCO[C@H](C)C(=O)N1C[C@@H]2CCCN2Cc2ccccc21. The zero-order valence-electron chi connectivity index (χ0n) is 15.2. The van der Waals surface area contributed by atoms with E-state index in [2.05, 4.69) is 36.9 Å². The highest BCUT2D eigenvalue weighted by atomic mass is 16.5. The first-order chi connectivity index (χ1) is 11.6. The van der Waals surface area contributed by atoms with Crippen molar-refractivity contribution in [2.45, 2.75) is 58.7 Å². The number of carbonyl (C=O) groups excluding carboxylic acids is 1. The van der Waals surface area contributed by atoms with Crippen molar-refractivity contribution in [2.75, 3.05) is 24.6 Å². The second-order valence-electron chi connectivity index (χ2n) is 7.54. The number of nitrogens with zero attached hydrogens (tertiary/aromatic N) is 2. The number of anilines is 1. The molecule has 2 atom stereocenters. The van der Waals surface area contributed by atoms with E-state index in [-0.39, 0.29) is 12.0 Å². The molecule has 0 radical (unpaired) electrons. The Kier molecular flexibility index (Phi) is 5.57. The van der Waals surface area contributed by atoms with E-state index in [9.17, 15) is 4.79 Å². The predicted octanol–water partition coefficient (Wildman–Crippen LogP) is 3.45. The van der Waals surface area contributed by atoms with Crippen molar-refractivity contribution in [3.05, 3.63) is 29.8 Å². The first-order valence-corrected chi connectivity index (χ1v) is 9.31. The summed E-state index contributed by atoms with van der Waals surface area (Å²) in [6, 6.07) is 8.81. The Balaban J connectivity index is 1.76. The van der Waals surface area contributed by atoms with E-state index in [1.165, 1.54) is 18.4 Å². The fourth-order valence-electron chi connectivity index (χ4n) is 3.73. The maximum Gasteiger partial charge on any atom is 0.255 e. The molecule has 1 aromatic rings. The number of fused-ring (bicyclic) bond motifs is 2. The van der Waals surface area contributed by atoms with Gasteiger partial charge in [-0.3, -0.25) is 9.69 Å². The quantitative estimate of drug-likeness (QED) is 0.829. The maximum atomic E-state index is 13.1. The molecule has 0 spiro atoms. The molecular formula is C20H30N2O2. The molecule has 3 rings (SSSR count). The van der Waals surface area contributed by atoms with Gasteiger partial charge in [0.1, 0.15) is 6.10 Å². The Morgan fingerprint density at radius 1 is 1.29 bits per heavy atom. The van der Waals surface area contributed by atoms with Crippen molar-refractivity contribution in [3.63, 3.8) is 0 Å². The zero-order valence-corrected chi connectivity index (χ0v) is 15.2. The molecule has 1 amide bonds. The van der Waals surface area contributed by atoms with Gasteiger partial charge in [-0.1, -0.05) is 32.0 Å². The lowest BCUT2D eigenvalue weighted by Crippen LogP contribution is -2.45. The number of hydrogen-bond acceptors (Lipinski definition) is 3. The highest BCUT2D eigenvalue weighted by Gasteiger charge is 2.34. The van der Waals surface area contributed by atoms with E-state index < -0.39 is 0 Å². The molecule has 2 heterocycles. The number of ether oxygens (including phenoxy) is 1. The van der Waals surface area contributed by atoms with Gasteiger partial charge in [-0.15, -0.1) is 0 Å². The van der Waals surface area contributed by atoms with Crippen molar-refractivity contribution in [3.8, 4) is 0 Å². The van der Waals surface area contributed by atoms with Crippen molar-refractivity contribution in [2.24, 2.45) is 5.92 Å². The standard InChI is InChI=1S/C20H30N2O2/c1-15(2)10-12-24-16(3)20(23)22-14-18-8-6-11-21(18)13-17-7-4-5-9-19(17)22/h4-5,7,9,15-16,18H,6,8,10-14H2,1-3H3/t16-,18+/m1/s1. The third-order valence-corrected chi connectivity index (χ3v) is 5.23. The third kappa shape index (κ3) is 3.81. The number of para-hydroxylation sites is 1. The first-order valence-electron chi connectivity index (χ1n) is 9.31. The Bertz CT molecular complexity index is 573. The van der Waals surface area contributed by atoms with Gasteiger partial charge in [-0.05, 0) is 50.3 Å². The summed E-state index contributed by atoms with van der Waals surface area (Å²) in [6.45, 7) is 9.77. The van der Waals surface area contributed by atoms with Crippen molar-refractivity contribution >= 4 is 11.6 Å². The van der Waals surface area contributed by atoms with Gasteiger partial charge in [0, 0.05) is 31.4 Å². The Morgan fingerprint density at radius 3 is 2.88 bits per heavy atom. The van der Waals surface area contributed by atoms with Crippen LogP contribution in [-0.4, -0.2) is 42.6 Å². The van der Waals surface area contributed by atoms with Crippen LogP contribution >= 0.6 is 0 Å². The normalized spacial score (nSPS) is 22.2. The number of carbonyl (C=O) groups is 1. The van der Waals surface area contributed by atoms with Crippen LogP contribution in [0, 0.1) is 5.92 Å². The molecule has 1 fully saturated rings. The van der Waals surface area contributed by atoms with Crippen LogP contribution in [0.5, 0.6) is 0 Å². The summed E-state index contributed by atoms with van der Waals surface area (Å²) in [6.07, 6.45) is 3.02. The van der Waals surface area contributed by atoms with Crippen LogP contribution in [0.2, 0.25) is 0 Å². The van der Waals surface area contributed by atoms with Gasteiger partial charge in [0.05, 0.1) is 0 Å². The molecule has 0 unspecified atom stereocenters. The average molecular weight is 330 g/mol. The molecule has 24 heavy (non-hydrogen) atoms. The molecule has 4 nitrogen and oxygen atoms in total. The van der Waals surface area contributed by atoms with Crippen LogP contribution in [-0.2, 0) is 16.1 Å². The van der Waals surface area contributed by atoms with Crippen molar-refractivity contribution in [1.82, 2.24) is 4.90 Å². The summed E-state index contributed by atoms with van der Waals surface area (Å²) in [5, 5.41) is 0. The molecule has 2 aliphatic heterocycles. The topological polar surface area (TPSA) is 32.8 Å². The van der Waals surface area contributed by atoms with Crippen molar-refractivity contribution in [1.29, 1.82) is 0 Å². The van der Waals surface area contributed by atoms with Crippen molar-refractivity contribution < 1.29 is 9.53 Å². The minimum atomic E-state index is -0.384. The van der Waals surface area contributed by atoms with Crippen LogP contribution in [0.4, 0.5) is 5.69 Å². The third-order valence-electron chi connectivity index (χ3n) is 5.23. The van der Waals surface area contributed by atoms with E-state index in [1.807, 2.05) is 17.9 Å². The maximum absolute atomic E-state index is 13.1. The van der Waals surface area contributed by atoms with E-state index >= 15 is 0 Å². The summed E-state index contributed by atoms with van der Waals surface area (Å²) in [7, 11) is 0. The smallest absolute Gasteiger partial charge is 0.255 e. The Morgan fingerprint density at radius 2 is 2.08 bits per heavy atom. The van der Waals surface area contributed by atoms with Gasteiger partial charge in [-0.25, -0.2) is 0 Å². The van der Waals surface area contributed by atoms with Crippen LogP contribution in [0.15, 0.2) is 24.3 Å². The van der Waals surface area contributed by atoms with E-state index in [0.717, 1.165) is 31.7 Å². The second kappa shape index (κ2) is 7.66. The Labute approximate surface area is 145 Å². The lowest BCUT2D eigenvalue weighted by molar-refractivity contribution is -0.129. The minimum Gasteiger partial charge on any atom is -0.369 e. The van der Waals surface area contributed by atoms with Crippen LogP contribution < -0.4 is 4.90 Å². The van der Waals surface area contributed by atoms with Gasteiger partial charge in [-0.2, -0.15) is 0 Å². The summed E-state index contributed by atoms with van der Waals surface area (Å²) >= 11 is 0. The van der Waals surface area contributed by atoms with Gasteiger partial charge < -0.3 is 9.64 Å². The highest BCUT2D eigenvalue weighted by molar-refractivity contribution is 5.97. The molecule has 0 N–H and O–H groups in total. The van der Waals surface area contributed by atoms with E-state index in [4.69, 9.17) is 4.74 Å². The Hall–Kier alpha value is -1.39. The molecule has 2 aliphatic rings. The molecule has 1 aromatic carbocycles. The van der Waals surface area contributed by atoms with Gasteiger partial charge >= 0.3 is 0 Å². The van der Waals surface area contributed by atoms with E-state index in [1.54, 1.807) is 0 Å². The lowest BCUT2D eigenvalue weighted by Gasteiger charge is -2.28. The molecule has 0 saturated carbocycles. The second-order valence-corrected chi connectivity index (χ2v) is 7.54. The molecule has 4 heteroatoms. The number of rotatable bonds is 5. The fourth-order valence-corrected chi connectivity index (χ4v) is 3.73. The molecule has 132 valence electrons. The minimum absolute atomic E-state index is 0.0972. The summed E-state index contributed by atoms with van der Waals surface area (Å²) in [5.41, 5.74) is 2.32. The fraction of sp³-hybridized carbons (Fsp3) is 0.650. The van der Waals surface area contributed by atoms with Crippen LogP contribution in [0.25, 0.3) is 0 Å². The molecule has 1 saturated heterocycles. The first kappa shape index (κ1) is 17.4. The average Bonchev–Trinajstić information content (AvgIpc) is 2.93. The van der Waals surface area contributed by atoms with Gasteiger partial charge in [0.15, 0.2) is 0 Å². The van der Waals surface area contributed by atoms with E-state index in [0.29, 0.717) is 18.6 Å². The summed E-state index contributed by atoms with van der Waals surface area (Å²) < 4.78 is 5.83. The number of benzene rings is 1. The largest absolute Gasteiger partial charge is 0.369 e. The molecule has 0 bridgehead atoms. The lowest BCUT2D eigenvalue weighted by atomic mass is 10.1. The monoisotopic (exact) mass is 330 g/mol. The highest BCUT2D eigenvalue weighted by Crippen LogP contribution is 2.32. The molecule has 0 aromatic heterocycles. The number of amides is 1. The molecule has 0 aliphatic carbocycles. The van der Waals surface area contributed by atoms with Crippen LogP contribution in [0.3, 0.4) is 0 Å². The van der Waals surface area contributed by atoms with Gasteiger partial charge in [0.2, 0.25) is 0 Å². The van der Waals surface area contributed by atoms with Gasteiger partial charge in [0.25, 0.3) is 5.91 Å². The summed E-state index contributed by atoms with van der Waals surface area (Å²) in [5.74, 6) is 0.693. The predicted molar refractivity (Wildman–Crippen MR) is 97.1 cm³/mol. The molecular weight excluding hydrogens is 300 g/mol. The van der Waals surface area contributed by atoms with Crippen LogP contribution in [0.1, 0.15) is 45.6 Å². The number of hydrogen-bond donors (Lipinski definition) is 0. The zero-order chi connectivity index (χ0) is 17.1.